The average Bonchev–Trinajstić information content (AvgIpc) is 2.93. The summed E-state index contributed by atoms with van der Waals surface area (Å²) in [5.74, 6) is 1.39. The molecule has 3 aromatic carbocycles. The minimum Gasteiger partial charge on any atom is -0.493 e. The number of ether oxygens (including phenoxy) is 2. The average molecular weight is 517 g/mol. The second kappa shape index (κ2) is 14.2. The molecular weight excluding hydrogens is 476 g/mol. The highest BCUT2D eigenvalue weighted by Crippen LogP contribution is 2.28. The third-order valence-electron chi connectivity index (χ3n) is 6.63. The maximum Gasteiger partial charge on any atom is 0.243 e. The molecule has 38 heavy (non-hydrogen) atoms. The molecule has 0 aliphatic rings. The predicted molar refractivity (Wildman–Crippen MR) is 151 cm³/mol. The number of nitrogens with one attached hydrogen (secondary N) is 1. The summed E-state index contributed by atoms with van der Waals surface area (Å²) in [4.78, 5) is 29.2. The van der Waals surface area contributed by atoms with Crippen LogP contribution in [0.5, 0.6) is 11.5 Å². The van der Waals surface area contributed by atoms with Gasteiger partial charge in [0.2, 0.25) is 11.8 Å². The molecule has 3 rings (SSSR count). The van der Waals surface area contributed by atoms with E-state index < -0.39 is 6.04 Å². The number of carbonyl (C=O) groups is 2. The van der Waals surface area contributed by atoms with Crippen LogP contribution in [0.3, 0.4) is 0 Å². The molecule has 6 nitrogen and oxygen atoms in total. The SMILES string of the molecule is COc1ccc(CCC(=O)N(Cc2ccccc2C)[C@@H](Cc2ccccc2)C(=O)NCC(C)C)cc1OC. The lowest BCUT2D eigenvalue weighted by Crippen LogP contribution is -2.51. The largest absolute Gasteiger partial charge is 0.493 e. The minimum absolute atomic E-state index is 0.0660. The molecule has 0 spiro atoms. The number of aryl methyl sites for hydroxylation is 2. The van der Waals surface area contributed by atoms with Crippen molar-refractivity contribution in [1.82, 2.24) is 10.2 Å². The molecule has 0 fully saturated rings. The van der Waals surface area contributed by atoms with E-state index in [0.29, 0.717) is 43.3 Å². The molecule has 0 aliphatic carbocycles. The fourth-order valence-corrected chi connectivity index (χ4v) is 4.38. The second-order valence-corrected chi connectivity index (χ2v) is 9.98. The van der Waals surface area contributed by atoms with E-state index in [1.807, 2.05) is 79.7 Å². The van der Waals surface area contributed by atoms with Gasteiger partial charge in [-0.1, -0.05) is 74.5 Å². The van der Waals surface area contributed by atoms with Gasteiger partial charge in [0.1, 0.15) is 6.04 Å². The standard InChI is InChI=1S/C32H40N2O4/c1-23(2)21-33-32(36)28(19-25-12-7-6-8-13-25)34(22-27-14-10-9-11-24(27)3)31(35)18-16-26-15-17-29(37-4)30(20-26)38-5/h6-15,17,20,23,28H,16,18-19,21-22H2,1-5H3,(H,33,36)/t28-/m0/s1. The van der Waals surface area contributed by atoms with Gasteiger partial charge in [-0.3, -0.25) is 9.59 Å². The van der Waals surface area contributed by atoms with Crippen LogP contribution < -0.4 is 14.8 Å². The fourth-order valence-electron chi connectivity index (χ4n) is 4.38. The van der Waals surface area contributed by atoms with Crippen molar-refractivity contribution in [3.63, 3.8) is 0 Å². The number of amides is 2. The van der Waals surface area contributed by atoms with Crippen molar-refractivity contribution in [2.75, 3.05) is 20.8 Å². The van der Waals surface area contributed by atoms with E-state index >= 15 is 0 Å². The monoisotopic (exact) mass is 516 g/mol. The Hall–Kier alpha value is -3.80. The Bertz CT molecular complexity index is 1190. The van der Waals surface area contributed by atoms with E-state index in [4.69, 9.17) is 9.47 Å². The van der Waals surface area contributed by atoms with E-state index in [1.165, 1.54) is 0 Å². The fraction of sp³-hybridized carbons (Fsp3) is 0.375. The predicted octanol–water partition coefficient (Wildman–Crippen LogP) is 5.36. The van der Waals surface area contributed by atoms with E-state index in [-0.39, 0.29) is 18.2 Å². The first-order valence-corrected chi connectivity index (χ1v) is 13.2. The summed E-state index contributed by atoms with van der Waals surface area (Å²) in [6.07, 6.45) is 1.23. The molecule has 0 saturated heterocycles. The molecule has 6 heteroatoms. The number of nitrogens with zero attached hydrogens (tertiary/aromatic N) is 1. The van der Waals surface area contributed by atoms with Crippen LogP contribution in [0.15, 0.2) is 72.8 Å². The van der Waals surface area contributed by atoms with Crippen molar-refractivity contribution in [3.8, 4) is 11.5 Å². The van der Waals surface area contributed by atoms with Crippen LogP contribution in [0.2, 0.25) is 0 Å². The molecule has 0 aromatic heterocycles. The van der Waals surface area contributed by atoms with Crippen LogP contribution >= 0.6 is 0 Å². The molecule has 0 unspecified atom stereocenters. The number of hydrogen-bond acceptors (Lipinski definition) is 4. The van der Waals surface area contributed by atoms with Gasteiger partial charge in [0.05, 0.1) is 14.2 Å². The van der Waals surface area contributed by atoms with Gasteiger partial charge in [0, 0.05) is 25.9 Å². The van der Waals surface area contributed by atoms with Crippen LogP contribution in [0.25, 0.3) is 0 Å². The quantitative estimate of drug-likeness (QED) is 0.332. The highest BCUT2D eigenvalue weighted by molar-refractivity contribution is 5.88. The van der Waals surface area contributed by atoms with Crippen LogP contribution in [-0.2, 0) is 29.0 Å². The first-order chi connectivity index (χ1) is 18.3. The maximum atomic E-state index is 13.9. The summed E-state index contributed by atoms with van der Waals surface area (Å²) in [5.41, 5.74) is 4.10. The molecule has 0 radical (unpaired) electrons. The normalized spacial score (nSPS) is 11.6. The van der Waals surface area contributed by atoms with Gasteiger partial charge in [-0.15, -0.1) is 0 Å². The summed E-state index contributed by atoms with van der Waals surface area (Å²) in [6.45, 7) is 7.08. The van der Waals surface area contributed by atoms with Gasteiger partial charge in [-0.2, -0.15) is 0 Å². The molecule has 1 atom stereocenters. The molecule has 3 aromatic rings. The lowest BCUT2D eigenvalue weighted by Gasteiger charge is -2.32. The van der Waals surface area contributed by atoms with Gasteiger partial charge >= 0.3 is 0 Å². The smallest absolute Gasteiger partial charge is 0.243 e. The molecule has 0 heterocycles. The van der Waals surface area contributed by atoms with Crippen molar-refractivity contribution < 1.29 is 19.1 Å². The minimum atomic E-state index is -0.631. The third kappa shape index (κ3) is 8.10. The lowest BCUT2D eigenvalue weighted by molar-refractivity contribution is -0.141. The summed E-state index contributed by atoms with van der Waals surface area (Å²) in [7, 11) is 3.20. The van der Waals surface area contributed by atoms with Gasteiger partial charge < -0.3 is 19.7 Å². The van der Waals surface area contributed by atoms with Crippen molar-refractivity contribution in [2.24, 2.45) is 5.92 Å². The number of methoxy groups -OCH3 is 2. The topological polar surface area (TPSA) is 67.9 Å². The Morgan fingerprint density at radius 1 is 0.868 bits per heavy atom. The van der Waals surface area contributed by atoms with Crippen molar-refractivity contribution >= 4 is 11.8 Å². The van der Waals surface area contributed by atoms with E-state index in [0.717, 1.165) is 22.3 Å². The lowest BCUT2D eigenvalue weighted by atomic mass is 10.00. The molecule has 2 amide bonds. The van der Waals surface area contributed by atoms with Crippen LogP contribution in [0, 0.1) is 12.8 Å². The molecule has 0 saturated carbocycles. The van der Waals surface area contributed by atoms with Gasteiger partial charge in [-0.25, -0.2) is 0 Å². The maximum absolute atomic E-state index is 13.9. The molecule has 1 N–H and O–H groups in total. The third-order valence-corrected chi connectivity index (χ3v) is 6.63. The first-order valence-electron chi connectivity index (χ1n) is 13.2. The van der Waals surface area contributed by atoms with Crippen molar-refractivity contribution in [1.29, 1.82) is 0 Å². The van der Waals surface area contributed by atoms with Crippen molar-refractivity contribution in [2.45, 2.75) is 52.6 Å². The first kappa shape index (κ1) is 28.8. The molecule has 202 valence electrons. The van der Waals surface area contributed by atoms with Crippen molar-refractivity contribution in [3.05, 3.63) is 95.1 Å². The summed E-state index contributed by atoms with van der Waals surface area (Å²) >= 11 is 0. The van der Waals surface area contributed by atoms with Crippen LogP contribution in [0.1, 0.15) is 42.5 Å². The summed E-state index contributed by atoms with van der Waals surface area (Å²) in [6, 6.07) is 23.0. The summed E-state index contributed by atoms with van der Waals surface area (Å²) in [5, 5.41) is 3.08. The van der Waals surface area contributed by atoms with Gasteiger partial charge in [-0.05, 0) is 53.6 Å². The Morgan fingerprint density at radius 3 is 2.21 bits per heavy atom. The molecule has 0 bridgehead atoms. The highest BCUT2D eigenvalue weighted by Gasteiger charge is 2.30. The molecular formula is C32H40N2O4. The highest BCUT2D eigenvalue weighted by atomic mass is 16.5. The summed E-state index contributed by atoms with van der Waals surface area (Å²) < 4.78 is 10.8. The Labute approximate surface area is 227 Å². The van der Waals surface area contributed by atoms with E-state index in [1.54, 1.807) is 19.1 Å². The Balaban J connectivity index is 1.91. The van der Waals surface area contributed by atoms with Gasteiger partial charge in [0.25, 0.3) is 0 Å². The number of hydrogen-bond donors (Lipinski definition) is 1. The number of rotatable bonds is 13. The number of benzene rings is 3. The van der Waals surface area contributed by atoms with E-state index in [9.17, 15) is 9.59 Å². The zero-order valence-corrected chi connectivity index (χ0v) is 23.2. The van der Waals surface area contributed by atoms with E-state index in [2.05, 4.69) is 19.2 Å². The number of carbonyl (C=O) groups excluding carboxylic acids is 2. The zero-order valence-electron chi connectivity index (χ0n) is 23.2. The van der Waals surface area contributed by atoms with Crippen LogP contribution in [0.4, 0.5) is 0 Å². The Morgan fingerprint density at radius 2 is 1.55 bits per heavy atom. The Kier molecular flexibility index (Phi) is 10.8. The zero-order chi connectivity index (χ0) is 27.5. The van der Waals surface area contributed by atoms with Crippen LogP contribution in [-0.4, -0.2) is 43.5 Å². The van der Waals surface area contributed by atoms with Gasteiger partial charge in [0.15, 0.2) is 11.5 Å². The second-order valence-electron chi connectivity index (χ2n) is 9.98. The molecule has 0 aliphatic heterocycles.